The monoisotopic (exact) mass is 749 g/mol. The van der Waals surface area contributed by atoms with Crippen LogP contribution in [-0.4, -0.2) is 183 Å². The van der Waals surface area contributed by atoms with Crippen molar-refractivity contribution in [2.24, 2.45) is 5.41 Å². The van der Waals surface area contributed by atoms with E-state index in [1.807, 2.05) is 0 Å². The molecule has 3 fully saturated rings. The van der Waals surface area contributed by atoms with Crippen molar-refractivity contribution in [3.63, 3.8) is 0 Å². The first-order valence-corrected chi connectivity index (χ1v) is 16.9. The average molecular weight is 750 g/mol. The van der Waals surface area contributed by atoms with Crippen LogP contribution in [0.1, 0.15) is 19.4 Å². The zero-order chi connectivity index (χ0) is 38.1. The summed E-state index contributed by atoms with van der Waals surface area (Å²) in [5.41, 5.74) is 0.140. The van der Waals surface area contributed by atoms with Gasteiger partial charge in [-0.2, -0.15) is 0 Å². The third-order valence-electron chi connectivity index (χ3n) is 10.2. The van der Waals surface area contributed by atoms with E-state index in [1.165, 1.54) is 14.2 Å². The van der Waals surface area contributed by atoms with E-state index in [9.17, 15) is 51.1 Å². The predicted octanol–water partition coefficient (Wildman–Crippen LogP) is -3.35. The molecule has 4 aliphatic rings. The van der Waals surface area contributed by atoms with Gasteiger partial charge in [-0.1, -0.05) is 26.0 Å². The lowest BCUT2D eigenvalue weighted by Gasteiger charge is -2.49. The number of aliphatic hydroxyl groups is 10. The van der Waals surface area contributed by atoms with Gasteiger partial charge < -0.3 is 94.3 Å². The molecule has 11 N–H and O–H groups in total. The van der Waals surface area contributed by atoms with Crippen LogP contribution in [-0.2, 0) is 39.6 Å². The molecule has 0 saturated carbocycles. The summed E-state index contributed by atoms with van der Waals surface area (Å²) in [6, 6.07) is 6.42. The highest BCUT2D eigenvalue weighted by molar-refractivity contribution is 5.30. The number of ether oxygens (including phenoxy) is 8. The molecule has 5 rings (SSSR count). The van der Waals surface area contributed by atoms with Gasteiger partial charge in [0.1, 0.15) is 79.0 Å². The summed E-state index contributed by atoms with van der Waals surface area (Å²) in [6.07, 6.45) is -21.5. The Kier molecular flexibility index (Phi) is 13.3. The maximum absolute atomic E-state index is 11.3. The molecule has 0 radical (unpaired) electrons. The lowest BCUT2D eigenvalue weighted by atomic mass is 9.82. The van der Waals surface area contributed by atoms with E-state index in [4.69, 9.17) is 37.9 Å². The van der Waals surface area contributed by atoms with E-state index in [0.29, 0.717) is 6.42 Å². The van der Waals surface area contributed by atoms with Crippen molar-refractivity contribution >= 4 is 0 Å². The Morgan fingerprint density at radius 3 is 1.65 bits per heavy atom. The van der Waals surface area contributed by atoms with Crippen LogP contribution in [0.5, 0.6) is 5.75 Å². The number of hydrogen-bond donors (Lipinski definition) is 11. The second-order valence-electron chi connectivity index (χ2n) is 13.8. The van der Waals surface area contributed by atoms with Crippen molar-refractivity contribution in [2.45, 2.75) is 118 Å². The summed E-state index contributed by atoms with van der Waals surface area (Å²) in [4.78, 5) is 0. The maximum atomic E-state index is 11.3. The number of rotatable bonds is 13. The van der Waals surface area contributed by atoms with E-state index in [1.54, 1.807) is 38.1 Å². The summed E-state index contributed by atoms with van der Waals surface area (Å²) < 4.78 is 45.3. The molecule has 4 heterocycles. The smallest absolute Gasteiger partial charge is 0.229 e. The minimum Gasteiger partial charge on any atom is -0.506 e. The second kappa shape index (κ2) is 16.9. The van der Waals surface area contributed by atoms with E-state index in [0.717, 1.165) is 5.56 Å². The summed E-state index contributed by atoms with van der Waals surface area (Å²) in [5, 5.41) is 108. The van der Waals surface area contributed by atoms with Gasteiger partial charge in [0.2, 0.25) is 12.2 Å². The van der Waals surface area contributed by atoms with Gasteiger partial charge in [0.25, 0.3) is 0 Å². The Bertz CT molecular complexity index is 1330. The summed E-state index contributed by atoms with van der Waals surface area (Å²) >= 11 is 0. The van der Waals surface area contributed by atoms with Crippen LogP contribution in [0.2, 0.25) is 0 Å². The van der Waals surface area contributed by atoms with Crippen LogP contribution in [0.3, 0.4) is 0 Å². The van der Waals surface area contributed by atoms with Crippen molar-refractivity contribution in [1.29, 1.82) is 0 Å². The highest BCUT2D eigenvalue weighted by Gasteiger charge is 2.54. The van der Waals surface area contributed by atoms with Crippen LogP contribution >= 0.6 is 0 Å². The molecule has 52 heavy (non-hydrogen) atoms. The SMILES string of the molecule is COC1C(CO)OC(OC2C(CO)OC(OC3C(CO)OC(Oc4ccc(CC5NC(O)=C(O)C5(C)C)cc4)C(O)C3O)C(OC)C2O)C(O)C1O. The quantitative estimate of drug-likeness (QED) is 0.0939. The minimum absolute atomic E-state index is 0.124. The molecule has 0 bridgehead atoms. The Labute approximate surface area is 299 Å². The summed E-state index contributed by atoms with van der Waals surface area (Å²) in [7, 11) is 2.47. The molecule has 3 saturated heterocycles. The number of nitrogens with one attached hydrogen (secondary N) is 1. The molecule has 1 aromatic carbocycles. The van der Waals surface area contributed by atoms with Crippen LogP contribution in [0.25, 0.3) is 0 Å². The normalized spacial score (nSPS) is 42.2. The summed E-state index contributed by atoms with van der Waals surface area (Å²) in [5.74, 6) is -0.128. The molecule has 0 aromatic heterocycles. The highest BCUT2D eigenvalue weighted by atomic mass is 16.8. The Balaban J connectivity index is 1.22. The zero-order valence-corrected chi connectivity index (χ0v) is 29.1. The van der Waals surface area contributed by atoms with Gasteiger partial charge in [0, 0.05) is 25.7 Å². The number of benzene rings is 1. The third kappa shape index (κ3) is 7.99. The molecule has 296 valence electrons. The van der Waals surface area contributed by atoms with Gasteiger partial charge in [-0.3, -0.25) is 0 Å². The van der Waals surface area contributed by atoms with Crippen LogP contribution in [0.15, 0.2) is 35.9 Å². The first-order chi connectivity index (χ1) is 24.7. The molecular formula is C33H51NO18. The largest absolute Gasteiger partial charge is 0.506 e. The lowest BCUT2D eigenvalue weighted by molar-refractivity contribution is -0.378. The predicted molar refractivity (Wildman–Crippen MR) is 172 cm³/mol. The molecule has 19 heteroatoms. The molecule has 16 unspecified atom stereocenters. The molecule has 4 aliphatic heterocycles. The second-order valence-corrected chi connectivity index (χ2v) is 13.8. The fourth-order valence-electron chi connectivity index (χ4n) is 6.92. The van der Waals surface area contributed by atoms with Gasteiger partial charge >= 0.3 is 0 Å². The van der Waals surface area contributed by atoms with E-state index >= 15 is 0 Å². The third-order valence-corrected chi connectivity index (χ3v) is 10.2. The van der Waals surface area contributed by atoms with E-state index < -0.39 is 117 Å². The fraction of sp³-hybridized carbons (Fsp3) is 0.758. The Hall–Kier alpha value is -2.44. The standard InChI is InChI=1S/C33H51NO18/c1-33(2)18(34-29(44)28(33)43)9-13-5-7-14(8-6-13)47-30-22(41)20(39)25(16(11-36)49-30)52-32-27(46-4)23(42)26(17(12-37)50-32)51-31-21(40)19(38)24(45-3)15(10-35)48-31/h5-8,15-27,30-32,34-44H,9-12H2,1-4H3. The molecule has 0 spiro atoms. The van der Waals surface area contributed by atoms with Crippen molar-refractivity contribution in [3.05, 3.63) is 41.5 Å². The van der Waals surface area contributed by atoms with Crippen molar-refractivity contribution in [3.8, 4) is 5.75 Å². The zero-order valence-electron chi connectivity index (χ0n) is 29.1. The van der Waals surface area contributed by atoms with Crippen LogP contribution < -0.4 is 10.1 Å². The van der Waals surface area contributed by atoms with Crippen molar-refractivity contribution < 1.29 is 89.0 Å². The number of methoxy groups -OCH3 is 2. The fourth-order valence-corrected chi connectivity index (χ4v) is 6.92. The van der Waals surface area contributed by atoms with Gasteiger partial charge in [-0.15, -0.1) is 0 Å². The molecule has 0 aliphatic carbocycles. The average Bonchev–Trinajstić information content (AvgIpc) is 3.32. The number of aliphatic hydroxyl groups excluding tert-OH is 10. The molecule has 0 amide bonds. The molecule has 1 aromatic rings. The number of hydrogen-bond acceptors (Lipinski definition) is 19. The van der Waals surface area contributed by atoms with Gasteiger partial charge in [0.05, 0.1) is 19.8 Å². The van der Waals surface area contributed by atoms with Gasteiger partial charge in [-0.05, 0) is 24.1 Å². The molecule has 19 nitrogen and oxygen atoms in total. The maximum Gasteiger partial charge on any atom is 0.229 e. The van der Waals surface area contributed by atoms with Crippen molar-refractivity contribution in [1.82, 2.24) is 5.32 Å². The van der Waals surface area contributed by atoms with Crippen LogP contribution in [0, 0.1) is 5.41 Å². The van der Waals surface area contributed by atoms with Gasteiger partial charge in [-0.25, -0.2) is 0 Å². The first-order valence-electron chi connectivity index (χ1n) is 16.9. The van der Waals surface area contributed by atoms with Gasteiger partial charge in [0.15, 0.2) is 18.3 Å². The van der Waals surface area contributed by atoms with E-state index in [-0.39, 0.29) is 23.4 Å². The molecule has 16 atom stereocenters. The first kappa shape index (κ1) is 40.7. The highest BCUT2D eigenvalue weighted by Crippen LogP contribution is 2.38. The summed E-state index contributed by atoms with van der Waals surface area (Å²) in [6.45, 7) is 1.54. The minimum atomic E-state index is -1.73. The Morgan fingerprint density at radius 1 is 0.635 bits per heavy atom. The lowest BCUT2D eigenvalue weighted by Crippen LogP contribution is -2.67. The Morgan fingerprint density at radius 2 is 1.12 bits per heavy atom. The van der Waals surface area contributed by atoms with Crippen LogP contribution in [0.4, 0.5) is 0 Å². The molecular weight excluding hydrogens is 698 g/mol. The van der Waals surface area contributed by atoms with Crippen molar-refractivity contribution in [2.75, 3.05) is 34.0 Å². The van der Waals surface area contributed by atoms with E-state index in [2.05, 4.69) is 5.32 Å². The topological polar surface area (TPSA) is 288 Å².